The van der Waals surface area contributed by atoms with E-state index < -0.39 is 11.6 Å². The number of hydrogen-bond donors (Lipinski definition) is 0. The molecule has 0 radical (unpaired) electrons. The van der Waals surface area contributed by atoms with Gasteiger partial charge in [-0.05, 0) is 62.3 Å². The van der Waals surface area contributed by atoms with Gasteiger partial charge in [0, 0.05) is 38.5 Å². The van der Waals surface area contributed by atoms with Gasteiger partial charge in [-0.1, -0.05) is 49.4 Å². The van der Waals surface area contributed by atoms with E-state index in [2.05, 4.69) is 24.3 Å². The van der Waals surface area contributed by atoms with Crippen molar-refractivity contribution in [1.29, 1.82) is 0 Å². The molecule has 5 heteroatoms. The van der Waals surface area contributed by atoms with Crippen LogP contribution in [0.1, 0.15) is 78.7 Å². The van der Waals surface area contributed by atoms with Crippen molar-refractivity contribution in [3.05, 3.63) is 48.0 Å². The lowest BCUT2D eigenvalue weighted by atomic mass is 9.88. The van der Waals surface area contributed by atoms with Gasteiger partial charge in [-0.15, -0.1) is 0 Å². The second kappa shape index (κ2) is 12.6. The van der Waals surface area contributed by atoms with Crippen LogP contribution in [0.15, 0.2) is 42.5 Å². The molecule has 0 aliphatic heterocycles. The number of esters is 1. The van der Waals surface area contributed by atoms with Crippen molar-refractivity contribution in [2.45, 2.75) is 85.2 Å². The van der Waals surface area contributed by atoms with Crippen molar-refractivity contribution in [2.75, 3.05) is 0 Å². The van der Waals surface area contributed by atoms with E-state index in [1.165, 1.54) is 12.3 Å². The maximum atomic E-state index is 12.6. The summed E-state index contributed by atoms with van der Waals surface area (Å²) < 4.78 is 5.35. The number of hydrogen-bond acceptors (Lipinski definition) is 5. The van der Waals surface area contributed by atoms with Crippen molar-refractivity contribution < 1.29 is 23.9 Å². The van der Waals surface area contributed by atoms with Crippen molar-refractivity contribution in [3.8, 4) is 0 Å². The SMILES string of the molecule is CC(=O)C[C@@H](CC(=O)C[C@@H](C)CC(=O)CCc1cccc2ccccc12)CC(=O)OC(C)(C)C. The van der Waals surface area contributed by atoms with Gasteiger partial charge in [0.2, 0.25) is 0 Å². The molecule has 2 rings (SSSR count). The van der Waals surface area contributed by atoms with E-state index in [1.807, 2.05) is 25.1 Å². The molecule has 0 heterocycles. The number of Topliss-reactive ketones (excluding diaryl/α,β-unsaturated/α-hetero) is 3. The Bertz CT molecular complexity index is 1010. The summed E-state index contributed by atoms with van der Waals surface area (Å²) in [6.45, 7) is 8.73. The molecule has 0 saturated carbocycles. The summed E-state index contributed by atoms with van der Waals surface area (Å²) in [6, 6.07) is 14.3. The van der Waals surface area contributed by atoms with Gasteiger partial charge in [-0.25, -0.2) is 0 Å². The molecule has 0 fully saturated rings. The van der Waals surface area contributed by atoms with E-state index in [1.54, 1.807) is 20.8 Å². The van der Waals surface area contributed by atoms with Crippen LogP contribution < -0.4 is 0 Å². The normalized spacial score (nSPS) is 13.3. The first-order valence-electron chi connectivity index (χ1n) is 12.1. The Kier molecular flexibility index (Phi) is 10.2. The molecule has 0 bridgehead atoms. The smallest absolute Gasteiger partial charge is 0.306 e. The highest BCUT2D eigenvalue weighted by Gasteiger charge is 2.24. The summed E-state index contributed by atoms with van der Waals surface area (Å²) in [5.41, 5.74) is 0.548. The predicted molar refractivity (Wildman–Crippen MR) is 135 cm³/mol. The third-order valence-corrected chi connectivity index (χ3v) is 5.67. The molecular formula is C29H38O5. The number of benzene rings is 2. The molecule has 0 amide bonds. The lowest BCUT2D eigenvalue weighted by molar-refractivity contribution is -0.156. The third-order valence-electron chi connectivity index (χ3n) is 5.67. The second-order valence-electron chi connectivity index (χ2n) is 10.5. The summed E-state index contributed by atoms with van der Waals surface area (Å²) in [6.07, 6.45) is 2.09. The van der Waals surface area contributed by atoms with Crippen molar-refractivity contribution in [2.24, 2.45) is 11.8 Å². The molecule has 0 aliphatic rings. The molecule has 34 heavy (non-hydrogen) atoms. The fourth-order valence-electron chi connectivity index (χ4n) is 4.38. The van der Waals surface area contributed by atoms with Gasteiger partial charge in [0.25, 0.3) is 0 Å². The van der Waals surface area contributed by atoms with Crippen LogP contribution in [0.5, 0.6) is 0 Å². The first kappa shape index (κ1) is 27.4. The molecule has 2 aromatic rings. The van der Waals surface area contributed by atoms with Gasteiger partial charge in [0.15, 0.2) is 0 Å². The number of aryl methyl sites for hydroxylation is 1. The number of ether oxygens (including phenoxy) is 1. The first-order chi connectivity index (χ1) is 15.9. The molecule has 0 aliphatic carbocycles. The highest BCUT2D eigenvalue weighted by atomic mass is 16.6. The van der Waals surface area contributed by atoms with Crippen LogP contribution in [0.4, 0.5) is 0 Å². The number of fused-ring (bicyclic) bond motifs is 1. The fourth-order valence-corrected chi connectivity index (χ4v) is 4.38. The molecule has 2 aromatic carbocycles. The number of ketones is 3. The Labute approximate surface area is 203 Å². The van der Waals surface area contributed by atoms with Crippen LogP contribution in [-0.2, 0) is 30.3 Å². The zero-order valence-electron chi connectivity index (χ0n) is 21.2. The van der Waals surface area contributed by atoms with Crippen LogP contribution in [0, 0.1) is 11.8 Å². The standard InChI is InChI=1S/C29H38O5/c1-20(15-25(31)14-13-24-11-8-10-23-9-6-7-12-27(23)24)16-26(32)18-22(17-21(2)30)19-28(33)34-29(3,4)5/h6-12,20,22H,13-19H2,1-5H3/t20-,22-/m0/s1. The monoisotopic (exact) mass is 466 g/mol. The summed E-state index contributed by atoms with van der Waals surface area (Å²) in [4.78, 5) is 49.0. The molecular weight excluding hydrogens is 428 g/mol. The minimum Gasteiger partial charge on any atom is -0.460 e. The molecule has 0 unspecified atom stereocenters. The molecule has 0 saturated heterocycles. The van der Waals surface area contributed by atoms with E-state index in [0.717, 1.165) is 10.9 Å². The fraction of sp³-hybridized carbons (Fsp3) is 0.517. The number of carbonyl (C=O) groups excluding carboxylic acids is 4. The minimum absolute atomic E-state index is 0.0239. The largest absolute Gasteiger partial charge is 0.460 e. The van der Waals surface area contributed by atoms with Crippen molar-refractivity contribution >= 4 is 34.1 Å². The van der Waals surface area contributed by atoms with Crippen LogP contribution in [-0.4, -0.2) is 28.9 Å². The number of rotatable bonds is 13. The van der Waals surface area contributed by atoms with Gasteiger partial charge in [-0.2, -0.15) is 0 Å². The average Bonchev–Trinajstić information content (AvgIpc) is 2.69. The van der Waals surface area contributed by atoms with Gasteiger partial charge >= 0.3 is 5.97 Å². The maximum Gasteiger partial charge on any atom is 0.306 e. The summed E-state index contributed by atoms with van der Waals surface area (Å²) >= 11 is 0. The van der Waals surface area contributed by atoms with E-state index >= 15 is 0 Å². The topological polar surface area (TPSA) is 77.5 Å². The highest BCUT2D eigenvalue weighted by Crippen LogP contribution is 2.23. The Morgan fingerprint density at radius 2 is 1.47 bits per heavy atom. The molecule has 0 spiro atoms. The summed E-state index contributed by atoms with van der Waals surface area (Å²) in [7, 11) is 0. The van der Waals surface area contributed by atoms with Gasteiger partial charge in [-0.3, -0.25) is 14.4 Å². The van der Waals surface area contributed by atoms with Crippen molar-refractivity contribution in [3.63, 3.8) is 0 Å². The summed E-state index contributed by atoms with van der Waals surface area (Å²) in [5, 5.41) is 2.33. The lowest BCUT2D eigenvalue weighted by Gasteiger charge is -2.22. The van der Waals surface area contributed by atoms with Crippen LogP contribution >= 0.6 is 0 Å². The average molecular weight is 467 g/mol. The Morgan fingerprint density at radius 1 is 0.824 bits per heavy atom. The lowest BCUT2D eigenvalue weighted by Crippen LogP contribution is -2.26. The van der Waals surface area contributed by atoms with Crippen molar-refractivity contribution in [1.82, 2.24) is 0 Å². The van der Waals surface area contributed by atoms with Gasteiger partial charge in [0.1, 0.15) is 23.0 Å². The second-order valence-corrected chi connectivity index (χ2v) is 10.5. The van der Waals surface area contributed by atoms with Gasteiger partial charge < -0.3 is 9.53 Å². The zero-order chi connectivity index (χ0) is 25.3. The van der Waals surface area contributed by atoms with Crippen LogP contribution in [0.3, 0.4) is 0 Å². The summed E-state index contributed by atoms with van der Waals surface area (Å²) in [5.74, 6) is -0.784. The van der Waals surface area contributed by atoms with Gasteiger partial charge in [0.05, 0.1) is 0 Å². The molecule has 184 valence electrons. The van der Waals surface area contributed by atoms with E-state index in [4.69, 9.17) is 4.74 Å². The molecule has 0 aromatic heterocycles. The minimum atomic E-state index is -0.608. The first-order valence-corrected chi connectivity index (χ1v) is 12.1. The quantitative estimate of drug-likeness (QED) is 0.336. The highest BCUT2D eigenvalue weighted by molar-refractivity contribution is 5.87. The van der Waals surface area contributed by atoms with E-state index in [0.29, 0.717) is 19.3 Å². The Morgan fingerprint density at radius 3 is 2.15 bits per heavy atom. The zero-order valence-corrected chi connectivity index (χ0v) is 21.2. The maximum absolute atomic E-state index is 12.6. The predicted octanol–water partition coefficient (Wildman–Crippen LogP) is 6.04. The number of carbonyl (C=O) groups is 4. The van der Waals surface area contributed by atoms with Crippen LogP contribution in [0.2, 0.25) is 0 Å². The molecule has 0 N–H and O–H groups in total. The Hall–Kier alpha value is -2.82. The molecule has 5 nitrogen and oxygen atoms in total. The Balaban J connectivity index is 1.84. The van der Waals surface area contributed by atoms with E-state index in [9.17, 15) is 19.2 Å². The van der Waals surface area contributed by atoms with Crippen LogP contribution in [0.25, 0.3) is 10.8 Å². The van der Waals surface area contributed by atoms with E-state index in [-0.39, 0.29) is 54.9 Å². The molecule has 2 atom stereocenters. The third kappa shape index (κ3) is 9.98.